The molecule has 0 aliphatic carbocycles. The molecule has 0 unspecified atom stereocenters. The predicted octanol–water partition coefficient (Wildman–Crippen LogP) is 3.17. The highest BCUT2D eigenvalue weighted by Gasteiger charge is 2.02. The van der Waals surface area contributed by atoms with Gasteiger partial charge < -0.3 is 24.3 Å². The van der Waals surface area contributed by atoms with Gasteiger partial charge in [-0.1, -0.05) is 33.3 Å². The van der Waals surface area contributed by atoms with Crippen LogP contribution < -0.4 is 5.32 Å². The highest BCUT2D eigenvalue weighted by atomic mass is 16.6. The topological polar surface area (TPSA) is 83.1 Å². The summed E-state index contributed by atoms with van der Waals surface area (Å²) in [5.41, 5.74) is 0.770. The molecule has 28 heavy (non-hydrogen) atoms. The summed E-state index contributed by atoms with van der Waals surface area (Å²) in [6.07, 6.45) is 3.95. The second kappa shape index (κ2) is 23.8. The van der Waals surface area contributed by atoms with Crippen molar-refractivity contribution in [1.82, 2.24) is 5.32 Å². The van der Waals surface area contributed by atoms with Crippen molar-refractivity contribution in [3.05, 3.63) is 11.6 Å². The summed E-state index contributed by atoms with van der Waals surface area (Å²) in [5, 5.41) is 2.73. The van der Waals surface area contributed by atoms with Gasteiger partial charge >= 0.3 is 0 Å². The monoisotopic (exact) mass is 405 g/mol. The van der Waals surface area contributed by atoms with Gasteiger partial charge in [0.15, 0.2) is 5.78 Å². The zero-order valence-electron chi connectivity index (χ0n) is 18.5. The van der Waals surface area contributed by atoms with Crippen molar-refractivity contribution in [2.75, 3.05) is 59.4 Å². The third kappa shape index (κ3) is 22.8. The minimum absolute atomic E-state index is 0. The van der Waals surface area contributed by atoms with Gasteiger partial charge in [0.1, 0.15) is 0 Å². The Labute approximate surface area is 172 Å². The van der Waals surface area contributed by atoms with Crippen LogP contribution in [-0.4, -0.2) is 71.1 Å². The molecule has 0 spiro atoms. The Morgan fingerprint density at radius 1 is 0.821 bits per heavy atom. The zero-order chi connectivity index (χ0) is 21.5. The van der Waals surface area contributed by atoms with E-state index in [9.17, 15) is 9.59 Å². The molecular formula is C21H43NO6. The van der Waals surface area contributed by atoms with Gasteiger partial charge in [0.2, 0.25) is 5.91 Å². The van der Waals surface area contributed by atoms with Crippen LogP contribution in [0.1, 0.15) is 55.3 Å². The van der Waals surface area contributed by atoms with Crippen LogP contribution in [0.3, 0.4) is 0 Å². The van der Waals surface area contributed by atoms with Crippen LogP contribution in [0, 0.1) is 0 Å². The second-order valence-electron chi connectivity index (χ2n) is 6.00. The number of rotatable bonds is 17. The smallest absolute Gasteiger partial charge is 0.219 e. The molecule has 0 bridgehead atoms. The molecule has 1 amide bonds. The fourth-order valence-electron chi connectivity index (χ4n) is 1.67. The Morgan fingerprint density at radius 2 is 1.25 bits per heavy atom. The van der Waals surface area contributed by atoms with Crippen molar-refractivity contribution in [1.29, 1.82) is 0 Å². The largest absolute Gasteiger partial charge is 0.379 e. The van der Waals surface area contributed by atoms with Crippen LogP contribution in [0.25, 0.3) is 0 Å². The molecule has 0 saturated carbocycles. The summed E-state index contributed by atoms with van der Waals surface area (Å²) < 4.78 is 21.4. The van der Waals surface area contributed by atoms with Gasteiger partial charge in [0.25, 0.3) is 0 Å². The molecule has 1 N–H and O–H groups in total. The average Bonchev–Trinajstić information content (AvgIpc) is 2.70. The Morgan fingerprint density at radius 3 is 1.68 bits per heavy atom. The van der Waals surface area contributed by atoms with Crippen molar-refractivity contribution in [3.8, 4) is 0 Å². The van der Waals surface area contributed by atoms with Crippen LogP contribution in [0.2, 0.25) is 0 Å². The Kier molecular flexibility index (Phi) is 24.5. The van der Waals surface area contributed by atoms with E-state index < -0.39 is 0 Å². The summed E-state index contributed by atoms with van der Waals surface area (Å²) in [6.45, 7) is 14.1. The maximum absolute atomic E-state index is 11.5. The lowest BCUT2D eigenvalue weighted by molar-refractivity contribution is -0.121. The minimum atomic E-state index is 0. The Hall–Kier alpha value is -1.28. The maximum atomic E-state index is 11.5. The minimum Gasteiger partial charge on any atom is -0.379 e. The van der Waals surface area contributed by atoms with Crippen LogP contribution in [0.4, 0.5) is 0 Å². The van der Waals surface area contributed by atoms with Gasteiger partial charge in [0.05, 0.1) is 52.9 Å². The summed E-state index contributed by atoms with van der Waals surface area (Å²) in [6, 6.07) is 0. The van der Waals surface area contributed by atoms with Gasteiger partial charge in [-0.15, -0.1) is 0 Å². The predicted molar refractivity (Wildman–Crippen MR) is 114 cm³/mol. The zero-order valence-corrected chi connectivity index (χ0v) is 18.5. The van der Waals surface area contributed by atoms with E-state index in [-0.39, 0.29) is 13.1 Å². The van der Waals surface area contributed by atoms with Crippen molar-refractivity contribution < 1.29 is 30.0 Å². The molecule has 0 aromatic rings. The van der Waals surface area contributed by atoms with Crippen molar-refractivity contribution in [3.63, 3.8) is 0 Å². The number of amides is 1. The number of carbonyl (C=O) groups excluding carboxylic acids is 2. The molecule has 0 aliphatic heterocycles. The standard InChI is InChI=1S/C18H33NO6.C3H8.H2/c1-4-16(3)17(20)6-8-22-10-12-24-14-15-25-13-11-23-9-7-19-18(21)5-2;1-3-2;/h4H,5-15H2,1-3H3,(H,19,21);3H2,1-2H3;1H/b16-4-;;. The lowest BCUT2D eigenvalue weighted by atomic mass is 10.1. The third-order valence-electron chi connectivity index (χ3n) is 3.35. The Balaban J connectivity index is -0.00000158. The fourth-order valence-corrected chi connectivity index (χ4v) is 1.67. The van der Waals surface area contributed by atoms with E-state index in [2.05, 4.69) is 19.2 Å². The molecule has 0 heterocycles. The quantitative estimate of drug-likeness (QED) is 0.296. The number of hydrogen-bond acceptors (Lipinski definition) is 6. The number of carbonyl (C=O) groups is 2. The summed E-state index contributed by atoms with van der Waals surface area (Å²) in [5.74, 6) is 0.146. The summed E-state index contributed by atoms with van der Waals surface area (Å²) in [7, 11) is 0. The lowest BCUT2D eigenvalue weighted by Gasteiger charge is -2.08. The van der Waals surface area contributed by atoms with Crippen molar-refractivity contribution >= 4 is 11.7 Å². The highest BCUT2D eigenvalue weighted by Crippen LogP contribution is 1.98. The van der Waals surface area contributed by atoms with E-state index in [1.165, 1.54) is 6.42 Å². The normalized spacial score (nSPS) is 11.0. The number of nitrogens with one attached hydrogen (secondary N) is 1. The summed E-state index contributed by atoms with van der Waals surface area (Å²) >= 11 is 0. The van der Waals surface area contributed by atoms with Crippen LogP contribution in [-0.2, 0) is 28.5 Å². The number of ether oxygens (including phenoxy) is 4. The molecule has 7 heteroatoms. The summed E-state index contributed by atoms with van der Waals surface area (Å²) in [4.78, 5) is 22.5. The Bertz CT molecular complexity index is 405. The van der Waals surface area contributed by atoms with Crippen LogP contribution in [0.5, 0.6) is 0 Å². The number of ketones is 1. The lowest BCUT2D eigenvalue weighted by Crippen LogP contribution is -2.26. The van der Waals surface area contributed by atoms with Crippen molar-refractivity contribution in [2.45, 2.75) is 53.9 Å². The van der Waals surface area contributed by atoms with Gasteiger partial charge in [-0.05, 0) is 19.4 Å². The molecule has 0 saturated heterocycles. The third-order valence-corrected chi connectivity index (χ3v) is 3.35. The molecule has 0 atom stereocenters. The molecule has 7 nitrogen and oxygen atoms in total. The number of allylic oxidation sites excluding steroid dienone is 2. The number of Topliss-reactive ketones (excluding diaryl/α,β-unsaturated/α-hetero) is 1. The van der Waals surface area contributed by atoms with E-state index in [0.29, 0.717) is 72.2 Å². The second-order valence-corrected chi connectivity index (χ2v) is 6.00. The first-order chi connectivity index (χ1) is 13.5. The van der Waals surface area contributed by atoms with Gasteiger partial charge in [-0.3, -0.25) is 9.59 Å². The molecule has 0 rings (SSSR count). The van der Waals surface area contributed by atoms with Crippen LogP contribution in [0.15, 0.2) is 11.6 Å². The SMILES string of the molecule is C/C=C(/C)C(=O)CCOCCOCCOCCOCCNC(=O)CC.CCC.[HH]. The van der Waals surface area contributed by atoms with Crippen molar-refractivity contribution in [2.24, 2.45) is 0 Å². The fraction of sp³-hybridized carbons (Fsp3) is 0.810. The molecule has 0 radical (unpaired) electrons. The molecule has 168 valence electrons. The van der Waals surface area contributed by atoms with Gasteiger partial charge in [-0.25, -0.2) is 0 Å². The van der Waals surface area contributed by atoms with Crippen LogP contribution >= 0.6 is 0 Å². The molecule has 0 aromatic heterocycles. The van der Waals surface area contributed by atoms with Gasteiger partial charge in [-0.2, -0.15) is 0 Å². The van der Waals surface area contributed by atoms with E-state index in [0.717, 1.165) is 5.57 Å². The first-order valence-electron chi connectivity index (χ1n) is 10.3. The molecule has 0 aromatic carbocycles. The van der Waals surface area contributed by atoms with E-state index in [1.807, 2.05) is 13.8 Å². The maximum Gasteiger partial charge on any atom is 0.219 e. The van der Waals surface area contributed by atoms with E-state index >= 15 is 0 Å². The van der Waals surface area contributed by atoms with E-state index in [1.54, 1.807) is 13.0 Å². The average molecular weight is 406 g/mol. The van der Waals surface area contributed by atoms with E-state index in [4.69, 9.17) is 18.9 Å². The molecular weight excluding hydrogens is 362 g/mol. The highest BCUT2D eigenvalue weighted by molar-refractivity contribution is 5.94. The first kappa shape index (κ1) is 28.9. The number of hydrogen-bond donors (Lipinski definition) is 1. The van der Waals surface area contributed by atoms with Gasteiger partial charge in [0, 0.05) is 20.8 Å². The molecule has 0 aliphatic rings. The first-order valence-corrected chi connectivity index (χ1v) is 10.3. The molecule has 0 fully saturated rings.